The van der Waals surface area contributed by atoms with Crippen molar-refractivity contribution in [1.29, 1.82) is 0 Å². The number of anilines is 2. The van der Waals surface area contributed by atoms with Gasteiger partial charge >= 0.3 is 0 Å². The Morgan fingerprint density at radius 2 is 1.92 bits per heavy atom. The number of halogens is 2. The van der Waals surface area contributed by atoms with Gasteiger partial charge in [0.2, 0.25) is 0 Å². The highest BCUT2D eigenvalue weighted by Gasteiger charge is 2.21. The topological polar surface area (TPSA) is 67.2 Å². The maximum Gasteiger partial charge on any atom is 0.269 e. The molecule has 7 nitrogen and oxygen atoms in total. The van der Waals surface area contributed by atoms with E-state index in [1.807, 2.05) is 16.3 Å². The van der Waals surface area contributed by atoms with Crippen LogP contribution in [-0.2, 0) is 6.54 Å². The summed E-state index contributed by atoms with van der Waals surface area (Å²) in [6.07, 6.45) is 0.449. The van der Waals surface area contributed by atoms with Gasteiger partial charge in [0.15, 0.2) is 0 Å². The Hall–Kier alpha value is -2.62. The van der Waals surface area contributed by atoms with E-state index < -0.39 is 18.5 Å². The van der Waals surface area contributed by atoms with E-state index in [-0.39, 0.29) is 0 Å². The third-order valence-corrected chi connectivity index (χ3v) is 5.17. The van der Waals surface area contributed by atoms with Gasteiger partial charge in [-0.2, -0.15) is 5.10 Å². The molecule has 4 heterocycles. The predicted octanol–water partition coefficient (Wildman–Crippen LogP) is 1.84. The summed E-state index contributed by atoms with van der Waals surface area (Å²) < 4.78 is 25.6. The van der Waals surface area contributed by atoms with Crippen LogP contribution in [0.5, 0.6) is 0 Å². The summed E-state index contributed by atoms with van der Waals surface area (Å²) in [6.45, 7) is 2.17. The molecule has 0 saturated carbocycles. The van der Waals surface area contributed by atoms with Gasteiger partial charge in [-0.15, -0.1) is 11.3 Å². The first-order valence-corrected chi connectivity index (χ1v) is 9.03. The fourth-order valence-electron chi connectivity index (χ4n) is 3.07. The highest BCUT2D eigenvalue weighted by atomic mass is 32.1. The number of hydrogen-bond acceptors (Lipinski definition) is 7. The minimum atomic E-state index is -2.60. The fraction of sp³-hybridized carbons (Fsp3) is 0.375. The number of fused-ring (bicyclic) bond motifs is 1. The monoisotopic (exact) mass is 378 g/mol. The van der Waals surface area contributed by atoms with Gasteiger partial charge in [-0.1, -0.05) is 0 Å². The smallest absolute Gasteiger partial charge is 0.269 e. The maximum absolute atomic E-state index is 12.4. The van der Waals surface area contributed by atoms with Crippen molar-refractivity contribution in [1.82, 2.24) is 19.7 Å². The third kappa shape index (κ3) is 3.24. The van der Waals surface area contributed by atoms with Crippen LogP contribution >= 0.6 is 11.3 Å². The first kappa shape index (κ1) is 16.8. The van der Waals surface area contributed by atoms with Gasteiger partial charge in [-0.05, 0) is 11.4 Å². The van der Waals surface area contributed by atoms with Gasteiger partial charge in [0, 0.05) is 32.2 Å². The van der Waals surface area contributed by atoms with E-state index in [1.54, 1.807) is 17.7 Å². The molecule has 0 radical (unpaired) electrons. The minimum Gasteiger partial charge on any atom is -0.367 e. The van der Waals surface area contributed by atoms with Crippen molar-refractivity contribution in [2.75, 3.05) is 36.0 Å². The molecular weight excluding hydrogens is 362 g/mol. The Kier molecular flexibility index (Phi) is 4.49. The molecule has 4 rings (SSSR count). The van der Waals surface area contributed by atoms with Crippen LogP contribution in [0.1, 0.15) is 0 Å². The third-order valence-electron chi connectivity index (χ3n) is 4.35. The summed E-state index contributed by atoms with van der Waals surface area (Å²) >= 11 is 1.58. The lowest BCUT2D eigenvalue weighted by atomic mass is 10.2. The summed E-state index contributed by atoms with van der Waals surface area (Å²) in [5.41, 5.74) is 0.143. The second kappa shape index (κ2) is 6.94. The van der Waals surface area contributed by atoms with Crippen molar-refractivity contribution in [3.05, 3.63) is 40.4 Å². The Labute approximate surface area is 151 Å². The normalized spacial score (nSPS) is 15.2. The number of piperazine rings is 1. The van der Waals surface area contributed by atoms with Gasteiger partial charge in [0.05, 0.1) is 17.3 Å². The standard InChI is InChI=1S/C16H16F2N6OS/c17-13(18)9-24-14(25)7-11(8-21-24)22-2-4-23(5-3-22)15-12-1-6-26-16(12)20-10-19-15/h1,6-8,10,13H,2-5,9H2. The van der Waals surface area contributed by atoms with E-state index in [2.05, 4.69) is 20.0 Å². The molecule has 10 heteroatoms. The summed E-state index contributed by atoms with van der Waals surface area (Å²) in [5.74, 6) is 0.918. The summed E-state index contributed by atoms with van der Waals surface area (Å²) in [5, 5.41) is 6.90. The molecule has 1 aliphatic rings. The van der Waals surface area contributed by atoms with Crippen molar-refractivity contribution in [2.24, 2.45) is 0 Å². The quantitative estimate of drug-likeness (QED) is 0.690. The number of nitrogens with zero attached hydrogens (tertiary/aromatic N) is 6. The largest absolute Gasteiger partial charge is 0.367 e. The zero-order valence-electron chi connectivity index (χ0n) is 13.8. The highest BCUT2D eigenvalue weighted by molar-refractivity contribution is 7.16. The summed E-state index contributed by atoms with van der Waals surface area (Å²) in [7, 11) is 0. The van der Waals surface area contributed by atoms with Crippen molar-refractivity contribution >= 4 is 33.1 Å². The molecular formula is C16H16F2N6OS. The number of hydrogen-bond donors (Lipinski definition) is 0. The summed E-state index contributed by atoms with van der Waals surface area (Å²) in [6, 6.07) is 3.39. The number of rotatable bonds is 4. The van der Waals surface area contributed by atoms with Crippen LogP contribution in [0.25, 0.3) is 10.2 Å². The van der Waals surface area contributed by atoms with Crippen LogP contribution < -0.4 is 15.4 Å². The molecule has 136 valence electrons. The van der Waals surface area contributed by atoms with Crippen LogP contribution in [0, 0.1) is 0 Å². The molecule has 3 aromatic rings. The van der Waals surface area contributed by atoms with Crippen molar-refractivity contribution in [3.8, 4) is 0 Å². The molecule has 3 aromatic heterocycles. The number of alkyl halides is 2. The SMILES string of the molecule is O=c1cc(N2CCN(c3ncnc4sccc34)CC2)cnn1CC(F)F. The molecule has 0 bridgehead atoms. The fourth-order valence-corrected chi connectivity index (χ4v) is 3.80. The lowest BCUT2D eigenvalue weighted by Crippen LogP contribution is -2.47. The zero-order valence-corrected chi connectivity index (χ0v) is 14.6. The second-order valence-corrected chi connectivity index (χ2v) is 6.83. The van der Waals surface area contributed by atoms with Gasteiger partial charge < -0.3 is 9.80 Å². The van der Waals surface area contributed by atoms with Crippen LogP contribution in [0.2, 0.25) is 0 Å². The van der Waals surface area contributed by atoms with Gasteiger partial charge in [-0.3, -0.25) is 4.79 Å². The molecule has 26 heavy (non-hydrogen) atoms. The minimum absolute atomic E-state index is 0.513. The molecule has 1 fully saturated rings. The molecule has 0 amide bonds. The van der Waals surface area contributed by atoms with Crippen molar-refractivity contribution < 1.29 is 8.78 Å². The average molecular weight is 378 g/mol. The highest BCUT2D eigenvalue weighted by Crippen LogP contribution is 2.27. The lowest BCUT2D eigenvalue weighted by Gasteiger charge is -2.36. The van der Waals surface area contributed by atoms with E-state index >= 15 is 0 Å². The summed E-state index contributed by atoms with van der Waals surface area (Å²) in [4.78, 5) is 25.8. The van der Waals surface area contributed by atoms with E-state index in [1.165, 1.54) is 12.3 Å². The first-order chi connectivity index (χ1) is 12.6. The van der Waals surface area contributed by atoms with Crippen LogP contribution in [0.3, 0.4) is 0 Å². The van der Waals surface area contributed by atoms with Gasteiger partial charge in [0.25, 0.3) is 12.0 Å². The molecule has 1 aliphatic heterocycles. The van der Waals surface area contributed by atoms with E-state index in [0.717, 1.165) is 33.8 Å². The number of thiophene rings is 1. The maximum atomic E-state index is 12.4. The van der Waals surface area contributed by atoms with Gasteiger partial charge in [0.1, 0.15) is 23.5 Å². The van der Waals surface area contributed by atoms with Crippen LogP contribution in [0.15, 0.2) is 34.8 Å². The Morgan fingerprint density at radius 3 is 2.65 bits per heavy atom. The van der Waals surface area contributed by atoms with Crippen molar-refractivity contribution in [2.45, 2.75) is 13.0 Å². The van der Waals surface area contributed by atoms with E-state index in [9.17, 15) is 13.6 Å². The molecule has 0 atom stereocenters. The van der Waals surface area contributed by atoms with E-state index in [0.29, 0.717) is 18.8 Å². The molecule has 0 aromatic carbocycles. The molecule has 0 N–H and O–H groups in total. The van der Waals surface area contributed by atoms with Crippen LogP contribution in [-0.4, -0.2) is 52.4 Å². The number of aromatic nitrogens is 4. The molecule has 0 spiro atoms. The Morgan fingerprint density at radius 1 is 1.15 bits per heavy atom. The molecule has 1 saturated heterocycles. The van der Waals surface area contributed by atoms with Crippen molar-refractivity contribution in [3.63, 3.8) is 0 Å². The van der Waals surface area contributed by atoms with Gasteiger partial charge in [-0.25, -0.2) is 23.4 Å². The Bertz CT molecular complexity index is 967. The van der Waals surface area contributed by atoms with Crippen LogP contribution in [0.4, 0.5) is 20.3 Å². The second-order valence-electron chi connectivity index (χ2n) is 5.94. The average Bonchev–Trinajstić information content (AvgIpc) is 3.12. The predicted molar refractivity (Wildman–Crippen MR) is 96.3 cm³/mol. The first-order valence-electron chi connectivity index (χ1n) is 8.15. The zero-order chi connectivity index (χ0) is 18.1. The Balaban J connectivity index is 1.48. The lowest BCUT2D eigenvalue weighted by molar-refractivity contribution is 0.119. The van der Waals surface area contributed by atoms with E-state index in [4.69, 9.17) is 0 Å². The molecule has 0 unspecified atom stereocenters. The molecule has 0 aliphatic carbocycles.